The van der Waals surface area contributed by atoms with E-state index in [1.165, 1.54) is 4.58 Å². The Morgan fingerprint density at radius 3 is 2.31 bits per heavy atom. The highest BCUT2D eigenvalue weighted by Crippen LogP contribution is 2.13. The van der Waals surface area contributed by atoms with E-state index < -0.39 is 8.32 Å². The maximum Gasteiger partial charge on any atom is 0.367 e. The maximum absolute atomic E-state index is 11.9. The van der Waals surface area contributed by atoms with Crippen LogP contribution in [0, 0.1) is 0 Å². The van der Waals surface area contributed by atoms with Crippen molar-refractivity contribution >= 4 is 26.8 Å². The SMILES string of the molecule is C=[N+]1C([O-])=c2ccccc2=C1O[Si](C)(C)C. The second-order valence-electron chi connectivity index (χ2n) is 4.80. The molecule has 0 saturated carbocycles. The third-order valence-corrected chi connectivity index (χ3v) is 3.09. The number of hydrogen-bond acceptors (Lipinski definition) is 2. The average molecular weight is 233 g/mol. The summed E-state index contributed by atoms with van der Waals surface area (Å²) < 4.78 is 7.26. The first-order valence-electron chi connectivity index (χ1n) is 5.20. The molecule has 1 aromatic rings. The zero-order valence-corrected chi connectivity index (χ0v) is 10.8. The van der Waals surface area contributed by atoms with Gasteiger partial charge in [-0.2, -0.15) is 0 Å². The molecule has 0 bridgehead atoms. The average Bonchev–Trinajstić information content (AvgIpc) is 2.43. The highest BCUT2D eigenvalue weighted by atomic mass is 28.4. The molecule has 16 heavy (non-hydrogen) atoms. The Kier molecular flexibility index (Phi) is 2.39. The molecule has 0 saturated heterocycles. The van der Waals surface area contributed by atoms with Crippen LogP contribution in [0.3, 0.4) is 0 Å². The third-order valence-electron chi connectivity index (χ3n) is 2.28. The van der Waals surface area contributed by atoms with Crippen molar-refractivity contribution in [3.8, 4) is 0 Å². The fraction of sp³-hybridized carbons (Fsp3) is 0.250. The predicted octanol–water partition coefficient (Wildman–Crippen LogP) is -0.244. The first kappa shape index (κ1) is 10.9. The van der Waals surface area contributed by atoms with E-state index in [0.717, 1.165) is 5.22 Å². The lowest BCUT2D eigenvalue weighted by atomic mass is 10.3. The van der Waals surface area contributed by atoms with Gasteiger partial charge in [0, 0.05) is 5.22 Å². The van der Waals surface area contributed by atoms with Crippen molar-refractivity contribution < 1.29 is 14.1 Å². The minimum absolute atomic E-state index is 0.0937. The molecule has 1 aromatic carbocycles. The Balaban J connectivity index is 2.67. The minimum atomic E-state index is -1.73. The summed E-state index contributed by atoms with van der Waals surface area (Å²) in [7, 11) is -1.73. The highest BCUT2D eigenvalue weighted by molar-refractivity contribution is 6.70. The van der Waals surface area contributed by atoms with Gasteiger partial charge in [0.1, 0.15) is 6.72 Å². The van der Waals surface area contributed by atoms with Crippen LogP contribution in [0.1, 0.15) is 0 Å². The van der Waals surface area contributed by atoms with Gasteiger partial charge in [-0.15, -0.1) is 4.58 Å². The van der Waals surface area contributed by atoms with Crippen LogP contribution < -0.4 is 15.5 Å². The van der Waals surface area contributed by atoms with Gasteiger partial charge < -0.3 is 9.53 Å². The molecule has 0 unspecified atom stereocenters. The van der Waals surface area contributed by atoms with Gasteiger partial charge in [0.05, 0.1) is 5.22 Å². The lowest BCUT2D eigenvalue weighted by molar-refractivity contribution is -0.475. The van der Waals surface area contributed by atoms with Crippen LogP contribution in [-0.2, 0) is 4.43 Å². The largest absolute Gasteiger partial charge is 0.822 e. The molecule has 0 aliphatic carbocycles. The van der Waals surface area contributed by atoms with Crippen molar-refractivity contribution in [3.05, 3.63) is 34.7 Å². The van der Waals surface area contributed by atoms with Gasteiger partial charge in [0.25, 0.3) is 0 Å². The maximum atomic E-state index is 11.9. The topological polar surface area (TPSA) is 35.3 Å². The molecule has 4 heteroatoms. The fourth-order valence-electron chi connectivity index (χ4n) is 1.64. The molecular weight excluding hydrogens is 218 g/mol. The number of fused-ring (bicyclic) bond motifs is 1. The summed E-state index contributed by atoms with van der Waals surface area (Å²) in [5.74, 6) is 0.503. The van der Waals surface area contributed by atoms with E-state index >= 15 is 0 Å². The van der Waals surface area contributed by atoms with Crippen LogP contribution in [0.4, 0.5) is 0 Å². The van der Waals surface area contributed by atoms with Gasteiger partial charge in [0.15, 0.2) is 5.88 Å². The highest BCUT2D eigenvalue weighted by Gasteiger charge is 2.28. The van der Waals surface area contributed by atoms with E-state index in [0.29, 0.717) is 11.1 Å². The van der Waals surface area contributed by atoms with Crippen molar-refractivity contribution in [2.24, 2.45) is 0 Å². The van der Waals surface area contributed by atoms with Crippen molar-refractivity contribution in [2.45, 2.75) is 19.6 Å². The van der Waals surface area contributed by atoms with Crippen LogP contribution in [0.25, 0.3) is 11.8 Å². The van der Waals surface area contributed by atoms with Gasteiger partial charge in [-0.1, -0.05) is 12.1 Å². The summed E-state index contributed by atoms with van der Waals surface area (Å²) in [6, 6.07) is 7.45. The molecule has 0 spiro atoms. The molecule has 2 rings (SSSR count). The van der Waals surface area contributed by atoms with Crippen LogP contribution in [0.2, 0.25) is 19.6 Å². The summed E-state index contributed by atoms with van der Waals surface area (Å²) in [6.07, 6.45) is 0. The van der Waals surface area contributed by atoms with Crippen molar-refractivity contribution in [1.29, 1.82) is 0 Å². The Bertz CT molecular complexity index is 569. The Morgan fingerprint density at radius 2 is 1.75 bits per heavy atom. The standard InChI is InChI=1S/C12H15NO2Si/c1-13-11(14)9-7-5-6-8-10(9)12(13)15-16(2,3)4/h5-8H,1H2,2-4H3. The summed E-state index contributed by atoms with van der Waals surface area (Å²) in [5.41, 5.74) is 0. The first-order chi connectivity index (χ1) is 7.40. The summed E-state index contributed by atoms with van der Waals surface area (Å²) >= 11 is 0. The normalized spacial score (nSPS) is 15.3. The second kappa shape index (κ2) is 3.49. The molecule has 1 aliphatic heterocycles. The van der Waals surface area contributed by atoms with Crippen LogP contribution in [-0.4, -0.2) is 19.6 Å². The number of nitrogens with zero attached hydrogens (tertiary/aromatic N) is 1. The Labute approximate surface area is 95.8 Å². The molecule has 0 radical (unpaired) electrons. The third kappa shape index (κ3) is 1.76. The lowest BCUT2D eigenvalue weighted by Gasteiger charge is -2.17. The summed E-state index contributed by atoms with van der Waals surface area (Å²) in [4.78, 5) is 0. The van der Waals surface area contributed by atoms with E-state index in [-0.39, 0.29) is 5.88 Å². The molecule has 1 heterocycles. The first-order valence-corrected chi connectivity index (χ1v) is 8.61. The number of hydrogen-bond donors (Lipinski definition) is 0. The van der Waals surface area contributed by atoms with Crippen molar-refractivity contribution in [3.63, 3.8) is 0 Å². The Morgan fingerprint density at radius 1 is 1.19 bits per heavy atom. The van der Waals surface area contributed by atoms with Crippen LogP contribution in [0.15, 0.2) is 24.3 Å². The zero-order valence-electron chi connectivity index (χ0n) is 9.78. The molecule has 0 atom stereocenters. The molecule has 3 nitrogen and oxygen atoms in total. The fourth-order valence-corrected chi connectivity index (χ4v) is 2.44. The smallest absolute Gasteiger partial charge is 0.367 e. The van der Waals surface area contributed by atoms with Gasteiger partial charge in [0.2, 0.25) is 8.32 Å². The van der Waals surface area contributed by atoms with Crippen molar-refractivity contribution in [1.82, 2.24) is 0 Å². The molecule has 0 N–H and O–H groups in total. The Hall–Kier alpha value is -1.55. The molecular formula is C12H15NO2Si. The second-order valence-corrected chi connectivity index (χ2v) is 9.23. The predicted molar refractivity (Wildman–Crippen MR) is 64.3 cm³/mol. The zero-order chi connectivity index (χ0) is 11.9. The molecule has 0 amide bonds. The van der Waals surface area contributed by atoms with Crippen molar-refractivity contribution in [2.75, 3.05) is 0 Å². The van der Waals surface area contributed by atoms with Gasteiger partial charge >= 0.3 is 5.88 Å². The summed E-state index contributed by atoms with van der Waals surface area (Å²) in [5, 5.41) is 13.4. The van der Waals surface area contributed by atoms with Crippen LogP contribution in [0.5, 0.6) is 0 Å². The number of benzene rings is 1. The minimum Gasteiger partial charge on any atom is -0.822 e. The van der Waals surface area contributed by atoms with E-state index in [4.69, 9.17) is 4.43 Å². The number of rotatable bonds is 2. The quantitative estimate of drug-likeness (QED) is 0.522. The van der Waals surface area contributed by atoms with Gasteiger partial charge in [-0.05, 0) is 31.8 Å². The molecule has 0 fully saturated rings. The molecule has 0 aromatic heterocycles. The van der Waals surface area contributed by atoms with E-state index in [2.05, 4.69) is 26.4 Å². The molecule has 1 aliphatic rings. The lowest BCUT2D eigenvalue weighted by Crippen LogP contribution is -2.30. The van der Waals surface area contributed by atoms with E-state index in [1.54, 1.807) is 6.07 Å². The van der Waals surface area contributed by atoms with Gasteiger partial charge in [-0.3, -0.25) is 0 Å². The van der Waals surface area contributed by atoms with Gasteiger partial charge in [-0.25, -0.2) is 0 Å². The molecule has 84 valence electrons. The van der Waals surface area contributed by atoms with E-state index in [9.17, 15) is 5.11 Å². The van der Waals surface area contributed by atoms with Crippen LogP contribution >= 0.6 is 0 Å². The summed E-state index contributed by atoms with van der Waals surface area (Å²) in [6.45, 7) is 9.99. The van der Waals surface area contributed by atoms with E-state index in [1.807, 2.05) is 18.2 Å². The monoisotopic (exact) mass is 233 g/mol.